The molecule has 142 valence electrons. The summed E-state index contributed by atoms with van der Waals surface area (Å²) in [6, 6.07) is 14.5. The molecule has 2 N–H and O–H groups in total. The van der Waals surface area contributed by atoms with E-state index in [9.17, 15) is 9.59 Å². The molecule has 0 unspecified atom stereocenters. The van der Waals surface area contributed by atoms with Gasteiger partial charge < -0.3 is 14.8 Å². The Kier molecular flexibility index (Phi) is 7.37. The molecule has 27 heavy (non-hydrogen) atoms. The molecule has 0 saturated heterocycles. The molecule has 0 bridgehead atoms. The van der Waals surface area contributed by atoms with Crippen LogP contribution in [-0.2, 0) is 16.0 Å². The number of hydrogen-bond donors (Lipinski definition) is 2. The molecule has 0 fully saturated rings. The molecule has 2 aromatic rings. The third kappa shape index (κ3) is 6.47. The molecule has 0 heterocycles. The number of amides is 2. The third-order valence-electron chi connectivity index (χ3n) is 3.68. The van der Waals surface area contributed by atoms with Gasteiger partial charge in [0.05, 0.1) is 32.7 Å². The van der Waals surface area contributed by atoms with Gasteiger partial charge in [-0.2, -0.15) is 5.10 Å². The van der Waals surface area contributed by atoms with Crippen LogP contribution in [0.5, 0.6) is 11.5 Å². The number of hydrogen-bond acceptors (Lipinski definition) is 5. The Balaban J connectivity index is 1.87. The molecule has 0 aromatic heterocycles. The summed E-state index contributed by atoms with van der Waals surface area (Å²) in [5.74, 6) is 0.618. The van der Waals surface area contributed by atoms with Gasteiger partial charge in [0, 0.05) is 11.8 Å². The summed E-state index contributed by atoms with van der Waals surface area (Å²) in [5, 5.41) is 6.73. The first-order valence-electron chi connectivity index (χ1n) is 8.39. The number of nitrogens with one attached hydrogen (secondary N) is 2. The lowest BCUT2D eigenvalue weighted by atomic mass is 10.1. The molecule has 0 saturated carbocycles. The maximum atomic E-state index is 12.2. The Labute approximate surface area is 158 Å². The van der Waals surface area contributed by atoms with Crippen LogP contribution in [0, 0.1) is 0 Å². The molecule has 7 heteroatoms. The fourth-order valence-corrected chi connectivity index (χ4v) is 2.35. The highest BCUT2D eigenvalue weighted by Gasteiger charge is 2.10. The summed E-state index contributed by atoms with van der Waals surface area (Å²) in [6.45, 7) is 1.67. The van der Waals surface area contributed by atoms with E-state index in [-0.39, 0.29) is 24.7 Å². The summed E-state index contributed by atoms with van der Waals surface area (Å²) < 4.78 is 10.4. The summed E-state index contributed by atoms with van der Waals surface area (Å²) in [5.41, 5.74) is 4.38. The van der Waals surface area contributed by atoms with Crippen molar-refractivity contribution in [2.45, 2.75) is 19.8 Å². The summed E-state index contributed by atoms with van der Waals surface area (Å²) >= 11 is 0. The largest absolute Gasteiger partial charge is 0.497 e. The number of nitrogens with zero attached hydrogens (tertiary/aromatic N) is 1. The zero-order valence-electron chi connectivity index (χ0n) is 15.6. The van der Waals surface area contributed by atoms with Crippen LogP contribution in [0.1, 0.15) is 18.9 Å². The van der Waals surface area contributed by atoms with Gasteiger partial charge >= 0.3 is 0 Å². The Morgan fingerprint density at radius 3 is 2.41 bits per heavy atom. The molecule has 0 atom stereocenters. The molecule has 2 rings (SSSR count). The van der Waals surface area contributed by atoms with Gasteiger partial charge in [0.2, 0.25) is 11.8 Å². The van der Waals surface area contributed by atoms with E-state index in [1.54, 1.807) is 32.2 Å². The molecule has 2 amide bonds. The van der Waals surface area contributed by atoms with Crippen molar-refractivity contribution in [3.8, 4) is 11.5 Å². The van der Waals surface area contributed by atoms with E-state index in [0.717, 1.165) is 5.56 Å². The number of ether oxygens (including phenoxy) is 2. The fourth-order valence-electron chi connectivity index (χ4n) is 2.35. The number of hydrazone groups is 1. The van der Waals surface area contributed by atoms with Crippen LogP contribution >= 0.6 is 0 Å². The van der Waals surface area contributed by atoms with E-state index < -0.39 is 0 Å². The van der Waals surface area contributed by atoms with Crippen molar-refractivity contribution in [3.05, 3.63) is 54.1 Å². The van der Waals surface area contributed by atoms with Crippen LogP contribution in [0.3, 0.4) is 0 Å². The zero-order chi connectivity index (χ0) is 19.6. The van der Waals surface area contributed by atoms with Crippen molar-refractivity contribution >= 4 is 23.2 Å². The smallest absolute Gasteiger partial charge is 0.244 e. The van der Waals surface area contributed by atoms with Crippen LogP contribution in [0.25, 0.3) is 0 Å². The van der Waals surface area contributed by atoms with Gasteiger partial charge in [-0.05, 0) is 24.6 Å². The quantitative estimate of drug-likeness (QED) is 0.553. The van der Waals surface area contributed by atoms with Crippen molar-refractivity contribution in [1.82, 2.24) is 5.43 Å². The van der Waals surface area contributed by atoms with Crippen LogP contribution in [0.2, 0.25) is 0 Å². The molecule has 0 spiro atoms. The lowest BCUT2D eigenvalue weighted by Gasteiger charge is -2.11. The molecule has 7 nitrogen and oxygen atoms in total. The van der Waals surface area contributed by atoms with Crippen molar-refractivity contribution in [2.75, 3.05) is 19.5 Å². The van der Waals surface area contributed by atoms with Gasteiger partial charge in [-0.1, -0.05) is 30.3 Å². The summed E-state index contributed by atoms with van der Waals surface area (Å²) in [6.07, 6.45) is 0.271. The standard InChI is InChI=1S/C20H23N3O4/c1-14(22-23-20(25)12-15-7-5-4-6-8-15)11-19(24)21-17-10-9-16(26-2)13-18(17)27-3/h4-10,13H,11-12H2,1-3H3,(H,21,24)(H,23,25)/b22-14-. The first kappa shape index (κ1) is 20.0. The van der Waals surface area contributed by atoms with Crippen LogP contribution < -0.4 is 20.2 Å². The van der Waals surface area contributed by atoms with Gasteiger partial charge in [0.25, 0.3) is 0 Å². The maximum Gasteiger partial charge on any atom is 0.244 e. The van der Waals surface area contributed by atoms with Gasteiger partial charge in [-0.15, -0.1) is 0 Å². The predicted octanol–water partition coefficient (Wildman–Crippen LogP) is 2.77. The maximum absolute atomic E-state index is 12.2. The second-order valence-corrected chi connectivity index (χ2v) is 5.84. The van der Waals surface area contributed by atoms with E-state index >= 15 is 0 Å². The average Bonchev–Trinajstić information content (AvgIpc) is 2.67. The van der Waals surface area contributed by atoms with E-state index in [4.69, 9.17) is 9.47 Å². The molecular weight excluding hydrogens is 346 g/mol. The fraction of sp³-hybridized carbons (Fsp3) is 0.250. The van der Waals surface area contributed by atoms with Gasteiger partial charge in [0.15, 0.2) is 0 Å². The molecule has 2 aromatic carbocycles. The second-order valence-electron chi connectivity index (χ2n) is 5.84. The van der Waals surface area contributed by atoms with Crippen molar-refractivity contribution < 1.29 is 19.1 Å². The van der Waals surface area contributed by atoms with Crippen LogP contribution in [0.15, 0.2) is 53.6 Å². The first-order valence-corrected chi connectivity index (χ1v) is 8.39. The molecule has 0 aliphatic carbocycles. The number of anilines is 1. The SMILES string of the molecule is COc1ccc(NC(=O)C/C(C)=N\NC(=O)Cc2ccccc2)c(OC)c1. The number of carbonyl (C=O) groups is 2. The Morgan fingerprint density at radius 2 is 1.74 bits per heavy atom. The van der Waals surface area contributed by atoms with Crippen molar-refractivity contribution in [3.63, 3.8) is 0 Å². The topological polar surface area (TPSA) is 89.0 Å². The van der Waals surface area contributed by atoms with E-state index in [1.807, 2.05) is 30.3 Å². The second kappa shape index (κ2) is 9.96. The van der Waals surface area contributed by atoms with Gasteiger partial charge in [-0.25, -0.2) is 5.43 Å². The lowest BCUT2D eigenvalue weighted by molar-refractivity contribution is -0.120. The molecule has 0 radical (unpaired) electrons. The minimum Gasteiger partial charge on any atom is -0.497 e. The highest BCUT2D eigenvalue weighted by molar-refractivity contribution is 6.06. The van der Waals surface area contributed by atoms with E-state index in [2.05, 4.69) is 15.8 Å². The predicted molar refractivity (Wildman–Crippen MR) is 104 cm³/mol. The lowest BCUT2D eigenvalue weighted by Crippen LogP contribution is -2.23. The zero-order valence-corrected chi connectivity index (χ0v) is 15.6. The normalized spacial score (nSPS) is 10.9. The van der Waals surface area contributed by atoms with E-state index in [0.29, 0.717) is 22.9 Å². The van der Waals surface area contributed by atoms with Crippen LogP contribution in [0.4, 0.5) is 5.69 Å². The highest BCUT2D eigenvalue weighted by Crippen LogP contribution is 2.29. The minimum absolute atomic E-state index is 0.0425. The molecule has 0 aliphatic heterocycles. The number of methoxy groups -OCH3 is 2. The summed E-state index contributed by atoms with van der Waals surface area (Å²) in [4.78, 5) is 24.1. The van der Waals surface area contributed by atoms with Crippen LogP contribution in [-0.4, -0.2) is 31.7 Å². The first-order chi connectivity index (χ1) is 13.0. The van der Waals surface area contributed by atoms with Gasteiger partial charge in [-0.3, -0.25) is 9.59 Å². The van der Waals surface area contributed by atoms with Crippen molar-refractivity contribution in [1.29, 1.82) is 0 Å². The van der Waals surface area contributed by atoms with E-state index in [1.165, 1.54) is 7.11 Å². The third-order valence-corrected chi connectivity index (χ3v) is 3.68. The minimum atomic E-state index is -0.267. The number of rotatable bonds is 8. The number of benzene rings is 2. The Bertz CT molecular complexity index is 819. The monoisotopic (exact) mass is 369 g/mol. The average molecular weight is 369 g/mol. The number of carbonyl (C=O) groups excluding carboxylic acids is 2. The van der Waals surface area contributed by atoms with Crippen molar-refractivity contribution in [2.24, 2.45) is 5.10 Å². The molecular formula is C20H23N3O4. The Morgan fingerprint density at radius 1 is 1.00 bits per heavy atom. The molecule has 0 aliphatic rings. The Hall–Kier alpha value is -3.35. The summed E-state index contributed by atoms with van der Waals surface area (Å²) in [7, 11) is 3.07. The highest BCUT2D eigenvalue weighted by atomic mass is 16.5. The van der Waals surface area contributed by atoms with Gasteiger partial charge in [0.1, 0.15) is 11.5 Å².